The third kappa shape index (κ3) is 4.55. The number of carbonyl (C=O) groups is 1. The second-order valence-corrected chi connectivity index (χ2v) is 13.9. The number of hydrogen-bond acceptors (Lipinski definition) is 1. The van der Waals surface area contributed by atoms with Gasteiger partial charge in [0.1, 0.15) is 0 Å². The van der Waals surface area contributed by atoms with Gasteiger partial charge in [-0.15, -0.1) is 0 Å². The first-order chi connectivity index (χ1) is 15.6. The maximum absolute atomic E-state index is 12.2. The molecule has 4 aliphatic carbocycles. The molecule has 4 rings (SSSR count). The molecule has 0 unspecified atom stereocenters. The lowest BCUT2D eigenvalue weighted by atomic mass is 9.44. The molecule has 0 aliphatic heterocycles. The zero-order chi connectivity index (χ0) is 24.0. The number of rotatable bonds is 7. The third-order valence-corrected chi connectivity index (χ3v) is 12.0. The van der Waals surface area contributed by atoms with E-state index in [2.05, 4.69) is 46.4 Å². The Kier molecular flexibility index (Phi) is 7.63. The number of amides is 1. The van der Waals surface area contributed by atoms with Crippen LogP contribution in [0.2, 0.25) is 0 Å². The fourth-order valence-corrected chi connectivity index (χ4v) is 10.3. The van der Waals surface area contributed by atoms with Crippen molar-refractivity contribution in [2.75, 3.05) is 6.54 Å². The number of carbonyl (C=O) groups excluding carboxylic acids is 1. The first-order valence-corrected chi connectivity index (χ1v) is 14.9. The van der Waals surface area contributed by atoms with Gasteiger partial charge in [0.2, 0.25) is 5.91 Å². The van der Waals surface area contributed by atoms with Crippen LogP contribution in [0.5, 0.6) is 0 Å². The molecule has 2 heteroatoms. The van der Waals surface area contributed by atoms with E-state index in [1.807, 2.05) is 0 Å². The average Bonchev–Trinajstić information content (AvgIpc) is 3.11. The van der Waals surface area contributed by atoms with E-state index in [1.165, 1.54) is 77.0 Å². The minimum atomic E-state index is 0.285. The largest absolute Gasteiger partial charge is 0.340 e. The van der Waals surface area contributed by atoms with E-state index in [0.717, 1.165) is 48.0 Å². The smallest absolute Gasteiger partial charge is 0.219 e. The quantitative estimate of drug-likeness (QED) is 0.376. The molecule has 0 saturated heterocycles. The summed E-state index contributed by atoms with van der Waals surface area (Å²) < 4.78 is 0. The van der Waals surface area contributed by atoms with Crippen molar-refractivity contribution in [1.29, 1.82) is 0 Å². The summed E-state index contributed by atoms with van der Waals surface area (Å²) in [7, 11) is 0. The predicted molar refractivity (Wildman–Crippen MR) is 140 cm³/mol. The standard InChI is InChI=1S/C31H55NO/c1-8-32(23(5)33)25-16-18-30(6)24(20-25)12-13-26-28-15-14-27(22(4)11-9-10-21(2)3)31(28,7)19-17-29(26)30/h21-22,24-29H,8-20H2,1-7H3/t22-,24+,25+,26+,27-,28+,29+,30+,31-/m1/s1. The Balaban J connectivity index is 1.44. The molecule has 0 heterocycles. The zero-order valence-electron chi connectivity index (χ0n) is 23.2. The lowest BCUT2D eigenvalue weighted by Gasteiger charge is -2.62. The van der Waals surface area contributed by atoms with Crippen LogP contribution in [0.15, 0.2) is 0 Å². The molecule has 2 nitrogen and oxygen atoms in total. The van der Waals surface area contributed by atoms with E-state index in [0.29, 0.717) is 16.9 Å². The van der Waals surface area contributed by atoms with Crippen LogP contribution in [0.25, 0.3) is 0 Å². The molecule has 0 radical (unpaired) electrons. The van der Waals surface area contributed by atoms with Crippen molar-refractivity contribution in [2.24, 2.45) is 52.3 Å². The maximum Gasteiger partial charge on any atom is 0.219 e. The second kappa shape index (κ2) is 9.85. The molecule has 0 bridgehead atoms. The first-order valence-electron chi connectivity index (χ1n) is 14.9. The highest BCUT2D eigenvalue weighted by atomic mass is 16.2. The minimum absolute atomic E-state index is 0.285. The van der Waals surface area contributed by atoms with Crippen molar-refractivity contribution >= 4 is 5.91 Å². The molecule has 190 valence electrons. The van der Waals surface area contributed by atoms with Gasteiger partial charge in [0, 0.05) is 19.5 Å². The van der Waals surface area contributed by atoms with Gasteiger partial charge in [-0.05, 0) is 117 Å². The summed E-state index contributed by atoms with van der Waals surface area (Å²) >= 11 is 0. The Morgan fingerprint density at radius 2 is 1.61 bits per heavy atom. The Labute approximate surface area is 206 Å². The fraction of sp³-hybridized carbons (Fsp3) is 0.968. The number of fused-ring (bicyclic) bond motifs is 5. The van der Waals surface area contributed by atoms with Crippen LogP contribution in [0.1, 0.15) is 126 Å². The number of hydrogen-bond donors (Lipinski definition) is 0. The monoisotopic (exact) mass is 457 g/mol. The summed E-state index contributed by atoms with van der Waals surface area (Å²) in [6.45, 7) is 17.6. The molecule has 4 saturated carbocycles. The van der Waals surface area contributed by atoms with Crippen molar-refractivity contribution in [1.82, 2.24) is 4.90 Å². The second-order valence-electron chi connectivity index (χ2n) is 13.9. The summed E-state index contributed by atoms with van der Waals surface area (Å²) in [5, 5.41) is 0. The molecular formula is C31H55NO. The third-order valence-electron chi connectivity index (χ3n) is 12.0. The lowest BCUT2D eigenvalue weighted by molar-refractivity contribution is -0.141. The molecule has 0 aromatic heterocycles. The van der Waals surface area contributed by atoms with E-state index in [-0.39, 0.29) is 5.91 Å². The molecule has 0 aromatic rings. The first kappa shape index (κ1) is 25.6. The maximum atomic E-state index is 12.2. The molecule has 33 heavy (non-hydrogen) atoms. The Bertz CT molecular complexity index is 686. The van der Waals surface area contributed by atoms with Crippen molar-refractivity contribution in [2.45, 2.75) is 132 Å². The SMILES string of the molecule is CCN(C(C)=O)[C@H]1CC[C@@]2(C)[C@@H](CC[C@@H]3[C@@H]2CC[C@]2(C)[C@@H]([C@H](C)CCCC(C)C)CC[C@@H]32)C1. The summed E-state index contributed by atoms with van der Waals surface area (Å²) in [6, 6.07) is 0.499. The van der Waals surface area contributed by atoms with E-state index < -0.39 is 0 Å². The van der Waals surface area contributed by atoms with Crippen molar-refractivity contribution in [3.05, 3.63) is 0 Å². The Morgan fingerprint density at radius 1 is 0.909 bits per heavy atom. The van der Waals surface area contributed by atoms with Crippen LogP contribution in [0.4, 0.5) is 0 Å². The molecule has 4 fully saturated rings. The summed E-state index contributed by atoms with van der Waals surface area (Å²) in [5.74, 6) is 6.74. The van der Waals surface area contributed by atoms with E-state index in [4.69, 9.17) is 0 Å². The molecule has 0 N–H and O–H groups in total. The molecule has 9 atom stereocenters. The van der Waals surface area contributed by atoms with Gasteiger partial charge in [0.05, 0.1) is 0 Å². The van der Waals surface area contributed by atoms with Crippen LogP contribution >= 0.6 is 0 Å². The van der Waals surface area contributed by atoms with Gasteiger partial charge in [-0.3, -0.25) is 4.79 Å². The summed E-state index contributed by atoms with van der Waals surface area (Å²) in [5.41, 5.74) is 1.13. The highest BCUT2D eigenvalue weighted by Gasteiger charge is 2.60. The van der Waals surface area contributed by atoms with Crippen LogP contribution in [0, 0.1) is 52.3 Å². The van der Waals surface area contributed by atoms with Gasteiger partial charge >= 0.3 is 0 Å². The minimum Gasteiger partial charge on any atom is -0.340 e. The van der Waals surface area contributed by atoms with E-state index >= 15 is 0 Å². The molecule has 0 spiro atoms. The zero-order valence-corrected chi connectivity index (χ0v) is 23.2. The molecule has 4 aliphatic rings. The van der Waals surface area contributed by atoms with E-state index in [9.17, 15) is 4.79 Å². The van der Waals surface area contributed by atoms with Gasteiger partial charge in [-0.1, -0.05) is 53.9 Å². The van der Waals surface area contributed by atoms with Crippen molar-refractivity contribution < 1.29 is 4.79 Å². The van der Waals surface area contributed by atoms with Gasteiger partial charge in [-0.2, -0.15) is 0 Å². The fourth-order valence-electron chi connectivity index (χ4n) is 10.3. The highest BCUT2D eigenvalue weighted by Crippen LogP contribution is 2.68. The highest BCUT2D eigenvalue weighted by molar-refractivity contribution is 5.73. The van der Waals surface area contributed by atoms with Crippen LogP contribution in [0.3, 0.4) is 0 Å². The van der Waals surface area contributed by atoms with Crippen LogP contribution in [-0.2, 0) is 4.79 Å². The lowest BCUT2D eigenvalue weighted by Crippen LogP contribution is -2.56. The van der Waals surface area contributed by atoms with Gasteiger partial charge in [0.15, 0.2) is 0 Å². The van der Waals surface area contributed by atoms with Crippen molar-refractivity contribution in [3.8, 4) is 0 Å². The molecule has 1 amide bonds. The van der Waals surface area contributed by atoms with Crippen molar-refractivity contribution in [3.63, 3.8) is 0 Å². The molecule has 0 aromatic carbocycles. The van der Waals surface area contributed by atoms with Gasteiger partial charge in [-0.25, -0.2) is 0 Å². The van der Waals surface area contributed by atoms with Crippen LogP contribution < -0.4 is 0 Å². The number of nitrogens with zero attached hydrogens (tertiary/aromatic N) is 1. The average molecular weight is 458 g/mol. The van der Waals surface area contributed by atoms with Crippen LogP contribution in [-0.4, -0.2) is 23.4 Å². The Morgan fingerprint density at radius 3 is 2.27 bits per heavy atom. The predicted octanol–water partition coefficient (Wildman–Crippen LogP) is 8.34. The van der Waals surface area contributed by atoms with Gasteiger partial charge in [0.25, 0.3) is 0 Å². The normalized spacial score (nSPS) is 43.5. The molecular weight excluding hydrogens is 402 g/mol. The summed E-state index contributed by atoms with van der Waals surface area (Å²) in [4.78, 5) is 14.4. The van der Waals surface area contributed by atoms with Gasteiger partial charge < -0.3 is 4.90 Å². The summed E-state index contributed by atoms with van der Waals surface area (Å²) in [6.07, 6.45) is 17.0. The van der Waals surface area contributed by atoms with E-state index in [1.54, 1.807) is 6.92 Å². The Hall–Kier alpha value is -0.530. The topological polar surface area (TPSA) is 20.3 Å².